The molecule has 2 aromatic carbocycles. The van der Waals surface area contributed by atoms with Gasteiger partial charge in [-0.3, -0.25) is 4.79 Å². The molecule has 2 amide bonds. The fourth-order valence-corrected chi connectivity index (χ4v) is 4.06. The Balaban J connectivity index is 1.47. The number of cyclic esters (lactones) is 1. The Bertz CT molecular complexity index is 1050. The summed E-state index contributed by atoms with van der Waals surface area (Å²) in [6.07, 6.45) is -0.748. The van der Waals surface area contributed by atoms with Gasteiger partial charge >= 0.3 is 6.09 Å². The topological polar surface area (TPSA) is 77.4 Å². The van der Waals surface area contributed by atoms with Crippen molar-refractivity contribution >= 4 is 17.7 Å². The first-order chi connectivity index (χ1) is 15.7. The molecule has 4 rings (SSSR count). The molecule has 0 bridgehead atoms. The van der Waals surface area contributed by atoms with Crippen molar-refractivity contribution in [3.63, 3.8) is 0 Å². The van der Waals surface area contributed by atoms with Crippen LogP contribution >= 0.6 is 0 Å². The molecule has 33 heavy (non-hydrogen) atoms. The number of rotatable bonds is 7. The molecule has 0 spiro atoms. The zero-order valence-electron chi connectivity index (χ0n) is 19.5. The van der Waals surface area contributed by atoms with E-state index in [1.54, 1.807) is 0 Å². The molecular formula is C26H30N2O5. The highest BCUT2D eigenvalue weighted by molar-refractivity contribution is 6.06. The fourth-order valence-electron chi connectivity index (χ4n) is 4.06. The Morgan fingerprint density at radius 3 is 2.67 bits per heavy atom. The predicted octanol–water partition coefficient (Wildman–Crippen LogP) is 4.58. The van der Waals surface area contributed by atoms with Crippen molar-refractivity contribution in [2.45, 2.75) is 58.3 Å². The summed E-state index contributed by atoms with van der Waals surface area (Å²) in [7, 11) is 0. The van der Waals surface area contributed by atoms with E-state index in [2.05, 4.69) is 19.0 Å². The number of oxime groups is 1. The standard InChI is InChI=1S/C26H30N2O5/c1-17(2)16-31-20-12-8-11-19(14-20)21-15-22(33-27-21)24(29)28-23(26(3,4)32-25(28)30)13-18-9-6-5-7-10-18/h5-12,14,17,22-23H,13,15-16H2,1-4H3/t22-,23-/m0/s1. The van der Waals surface area contributed by atoms with Crippen molar-refractivity contribution in [3.8, 4) is 5.75 Å². The summed E-state index contributed by atoms with van der Waals surface area (Å²) in [5.74, 6) is 0.722. The van der Waals surface area contributed by atoms with Crippen molar-refractivity contribution in [2.75, 3.05) is 6.61 Å². The monoisotopic (exact) mass is 450 g/mol. The number of carbonyl (C=O) groups excluding carboxylic acids is 2. The van der Waals surface area contributed by atoms with Gasteiger partial charge in [0, 0.05) is 12.0 Å². The zero-order chi connectivity index (χ0) is 23.6. The Morgan fingerprint density at radius 1 is 1.18 bits per heavy atom. The number of benzene rings is 2. The maximum absolute atomic E-state index is 13.4. The molecule has 2 aromatic rings. The van der Waals surface area contributed by atoms with Crippen LogP contribution in [0, 0.1) is 5.92 Å². The second-order valence-corrected chi connectivity index (χ2v) is 9.45. The first kappa shape index (κ1) is 22.8. The number of hydrogen-bond acceptors (Lipinski definition) is 6. The molecule has 174 valence electrons. The van der Waals surface area contributed by atoms with Gasteiger partial charge in [-0.05, 0) is 43.9 Å². The first-order valence-corrected chi connectivity index (χ1v) is 11.3. The lowest BCUT2D eigenvalue weighted by atomic mass is 9.91. The first-order valence-electron chi connectivity index (χ1n) is 11.3. The Morgan fingerprint density at radius 2 is 1.94 bits per heavy atom. The van der Waals surface area contributed by atoms with Crippen molar-refractivity contribution in [1.29, 1.82) is 0 Å². The third-order valence-corrected chi connectivity index (χ3v) is 5.87. The van der Waals surface area contributed by atoms with Crippen molar-refractivity contribution in [1.82, 2.24) is 4.90 Å². The largest absolute Gasteiger partial charge is 0.493 e. The molecule has 2 aliphatic heterocycles. The van der Waals surface area contributed by atoms with Gasteiger partial charge in [0.1, 0.15) is 11.4 Å². The van der Waals surface area contributed by atoms with E-state index in [9.17, 15) is 9.59 Å². The summed E-state index contributed by atoms with van der Waals surface area (Å²) >= 11 is 0. The fraction of sp³-hybridized carbons (Fsp3) is 0.423. The minimum atomic E-state index is -0.875. The van der Waals surface area contributed by atoms with Gasteiger partial charge in [-0.1, -0.05) is 61.5 Å². The summed E-state index contributed by atoms with van der Waals surface area (Å²) in [5.41, 5.74) is 1.69. The summed E-state index contributed by atoms with van der Waals surface area (Å²) in [6.45, 7) is 8.44. The molecule has 0 N–H and O–H groups in total. The van der Waals surface area contributed by atoms with Crippen LogP contribution in [0.4, 0.5) is 4.79 Å². The molecule has 7 nitrogen and oxygen atoms in total. The van der Waals surface area contributed by atoms with Crippen LogP contribution in [0.2, 0.25) is 0 Å². The van der Waals surface area contributed by atoms with Gasteiger partial charge in [0.25, 0.3) is 5.91 Å². The molecule has 7 heteroatoms. The average molecular weight is 451 g/mol. The van der Waals surface area contributed by atoms with Crippen molar-refractivity contribution in [2.24, 2.45) is 11.1 Å². The lowest BCUT2D eigenvalue weighted by Crippen LogP contribution is -2.49. The third-order valence-electron chi connectivity index (χ3n) is 5.87. The van der Waals surface area contributed by atoms with Gasteiger partial charge in [-0.25, -0.2) is 9.69 Å². The van der Waals surface area contributed by atoms with Crippen molar-refractivity contribution < 1.29 is 23.9 Å². The quantitative estimate of drug-likeness (QED) is 0.617. The van der Waals surface area contributed by atoms with E-state index in [-0.39, 0.29) is 6.42 Å². The summed E-state index contributed by atoms with van der Waals surface area (Å²) in [4.78, 5) is 32.8. The Labute approximate surface area is 194 Å². The van der Waals surface area contributed by atoms with E-state index in [0.717, 1.165) is 16.9 Å². The van der Waals surface area contributed by atoms with Gasteiger partial charge in [0.2, 0.25) is 6.10 Å². The number of imide groups is 1. The highest BCUT2D eigenvalue weighted by Gasteiger charge is 2.52. The molecule has 2 aliphatic rings. The smallest absolute Gasteiger partial charge is 0.417 e. The zero-order valence-corrected chi connectivity index (χ0v) is 19.5. The van der Waals surface area contributed by atoms with E-state index in [1.165, 1.54) is 4.90 Å². The van der Waals surface area contributed by atoms with E-state index in [4.69, 9.17) is 14.3 Å². The number of amides is 2. The average Bonchev–Trinajstić information content (AvgIpc) is 3.36. The predicted molar refractivity (Wildman–Crippen MR) is 124 cm³/mol. The molecule has 1 saturated heterocycles. The van der Waals surface area contributed by atoms with Gasteiger partial charge in [0.05, 0.1) is 18.4 Å². The van der Waals surface area contributed by atoms with E-state index in [0.29, 0.717) is 24.7 Å². The molecular weight excluding hydrogens is 420 g/mol. The summed E-state index contributed by atoms with van der Waals surface area (Å²) < 4.78 is 11.4. The highest BCUT2D eigenvalue weighted by Crippen LogP contribution is 2.34. The third kappa shape index (κ3) is 5.02. The lowest BCUT2D eigenvalue weighted by Gasteiger charge is -2.28. The molecule has 1 fully saturated rings. The van der Waals surface area contributed by atoms with Crippen LogP contribution in [0.15, 0.2) is 59.8 Å². The maximum Gasteiger partial charge on any atom is 0.417 e. The van der Waals surface area contributed by atoms with E-state index in [1.807, 2.05) is 68.4 Å². The normalized spacial score (nSPS) is 21.5. The van der Waals surface area contributed by atoms with Crippen LogP contribution in [0.25, 0.3) is 0 Å². The SMILES string of the molecule is CC(C)COc1cccc(C2=NO[C@H](C(=O)N3C(=O)OC(C)(C)[C@@H]3Cc3ccccc3)C2)c1. The number of hydrogen-bond donors (Lipinski definition) is 0. The lowest BCUT2D eigenvalue weighted by molar-refractivity contribution is -0.140. The van der Waals surface area contributed by atoms with Crippen LogP contribution in [0.3, 0.4) is 0 Å². The van der Waals surface area contributed by atoms with Crippen LogP contribution < -0.4 is 4.74 Å². The summed E-state index contributed by atoms with van der Waals surface area (Å²) in [6, 6.07) is 16.9. The second kappa shape index (κ2) is 9.25. The van der Waals surface area contributed by atoms with Gasteiger partial charge in [-0.15, -0.1) is 0 Å². The molecule has 0 radical (unpaired) electrons. The number of ether oxygens (including phenoxy) is 2. The van der Waals surface area contributed by atoms with Gasteiger partial charge in [0.15, 0.2) is 0 Å². The highest BCUT2D eigenvalue weighted by atomic mass is 16.6. The molecule has 0 aromatic heterocycles. The van der Waals surface area contributed by atoms with Gasteiger partial charge < -0.3 is 14.3 Å². The minimum absolute atomic E-state index is 0.273. The van der Waals surface area contributed by atoms with Crippen LogP contribution in [0.5, 0.6) is 5.75 Å². The molecule has 2 heterocycles. The number of carbonyl (C=O) groups is 2. The molecule has 0 saturated carbocycles. The van der Waals surface area contributed by atoms with Crippen LogP contribution in [0.1, 0.15) is 45.2 Å². The second-order valence-electron chi connectivity index (χ2n) is 9.45. The van der Waals surface area contributed by atoms with Crippen LogP contribution in [-0.2, 0) is 20.8 Å². The van der Waals surface area contributed by atoms with E-state index < -0.39 is 29.7 Å². The molecule has 0 unspecified atom stereocenters. The summed E-state index contributed by atoms with van der Waals surface area (Å²) in [5, 5.41) is 4.15. The minimum Gasteiger partial charge on any atom is -0.493 e. The number of nitrogens with zero attached hydrogens (tertiary/aromatic N) is 2. The molecule has 2 atom stereocenters. The van der Waals surface area contributed by atoms with Crippen LogP contribution in [-0.4, -0.2) is 47.0 Å². The van der Waals surface area contributed by atoms with Crippen molar-refractivity contribution in [3.05, 3.63) is 65.7 Å². The van der Waals surface area contributed by atoms with E-state index >= 15 is 0 Å². The Kier molecular flexibility index (Phi) is 6.40. The maximum atomic E-state index is 13.4. The Hall–Kier alpha value is -3.35. The van der Waals surface area contributed by atoms with Gasteiger partial charge in [-0.2, -0.15) is 0 Å². The molecule has 0 aliphatic carbocycles.